The lowest BCUT2D eigenvalue weighted by Crippen LogP contribution is -2.14. The predicted octanol–water partition coefficient (Wildman–Crippen LogP) is 6.26. The number of rotatable bonds is 11. The van der Waals surface area contributed by atoms with E-state index in [1.165, 1.54) is 10.9 Å². The summed E-state index contributed by atoms with van der Waals surface area (Å²) in [6, 6.07) is 9.95. The van der Waals surface area contributed by atoms with Gasteiger partial charge in [-0.3, -0.25) is 4.79 Å². The summed E-state index contributed by atoms with van der Waals surface area (Å²) < 4.78 is 139. The zero-order valence-electron chi connectivity index (χ0n) is 35.5. The third-order valence-electron chi connectivity index (χ3n) is 4.61. The lowest BCUT2D eigenvalue weighted by molar-refractivity contribution is -0.143. The van der Waals surface area contributed by atoms with Gasteiger partial charge in [-0.1, -0.05) is 77.7 Å². The molecule has 1 aromatic heterocycles. The molecule has 0 spiro atoms. The van der Waals surface area contributed by atoms with Gasteiger partial charge >= 0.3 is 5.97 Å². The standard InChI is InChI=1S/C27H37N3O3/c1-5-6-7-8-9-12-17-33-25(31)16-15-20-18-21(27(2,3)4)26(32)24(19-20)30-28-22-13-10-11-14-23(22)29-30/h10-11,13-14,18-19,32H,5-9,12,15-17H2,1-4H3/i1D3,5D2,6D2,7D2,8D2,9D2,12D2,17D2. The Balaban J connectivity index is 1.92. The first-order chi connectivity index (χ1) is 22.2. The highest BCUT2D eigenvalue weighted by Gasteiger charge is 2.23. The van der Waals surface area contributed by atoms with E-state index in [9.17, 15) is 9.90 Å². The molecule has 178 valence electrons. The fourth-order valence-electron chi connectivity index (χ4n) is 3.04. The van der Waals surface area contributed by atoms with Gasteiger partial charge in [-0.05, 0) is 42.0 Å². The van der Waals surface area contributed by atoms with E-state index in [1.807, 2.05) is 20.8 Å². The lowest BCUT2D eigenvalue weighted by atomic mass is 9.84. The normalized spacial score (nSPS) is 22.8. The maximum absolute atomic E-state index is 12.9. The van der Waals surface area contributed by atoms with Crippen LogP contribution in [0, 0.1) is 0 Å². The van der Waals surface area contributed by atoms with Gasteiger partial charge in [-0.25, -0.2) is 0 Å². The fourth-order valence-corrected chi connectivity index (χ4v) is 3.04. The predicted molar refractivity (Wildman–Crippen MR) is 132 cm³/mol. The average molecular weight is 469 g/mol. The number of aryl methyl sites for hydroxylation is 1. The third-order valence-corrected chi connectivity index (χ3v) is 4.61. The van der Waals surface area contributed by atoms with Crippen molar-refractivity contribution in [2.75, 3.05) is 6.56 Å². The van der Waals surface area contributed by atoms with Crippen molar-refractivity contribution in [1.29, 1.82) is 0 Å². The second-order valence-electron chi connectivity index (χ2n) is 8.07. The van der Waals surface area contributed by atoms with Crippen LogP contribution in [0.3, 0.4) is 0 Å². The topological polar surface area (TPSA) is 77.2 Å². The molecule has 0 saturated carbocycles. The number of ether oxygens (including phenoxy) is 1. The van der Waals surface area contributed by atoms with Crippen molar-refractivity contribution in [2.24, 2.45) is 0 Å². The molecule has 6 heteroatoms. The summed E-state index contributed by atoms with van der Waals surface area (Å²) in [6.45, 7) is -2.49. The second kappa shape index (κ2) is 11.3. The Hall–Kier alpha value is -2.89. The molecule has 0 fully saturated rings. The molecule has 0 atom stereocenters. The maximum Gasteiger partial charge on any atom is 0.306 e. The largest absolute Gasteiger partial charge is 0.505 e. The Kier molecular flexibility index (Phi) is 3.62. The molecule has 1 N–H and O–H groups in total. The first-order valence-corrected chi connectivity index (χ1v) is 10.1. The molecular formula is C27H37N3O3. The van der Waals surface area contributed by atoms with Crippen LogP contribution < -0.4 is 0 Å². The summed E-state index contributed by atoms with van der Waals surface area (Å²) in [6.07, 6.45) is -27.0. The first-order valence-electron chi connectivity index (χ1n) is 18.6. The number of carbonyl (C=O) groups is 1. The second-order valence-corrected chi connectivity index (χ2v) is 8.07. The van der Waals surface area contributed by atoms with E-state index in [-0.39, 0.29) is 17.9 Å². The average Bonchev–Trinajstić information content (AvgIpc) is 3.38. The third kappa shape index (κ3) is 6.80. The molecule has 33 heavy (non-hydrogen) atoms. The van der Waals surface area contributed by atoms with Gasteiger partial charge in [0, 0.05) is 32.5 Å². The number of aromatic hydroxyl groups is 1. The highest BCUT2D eigenvalue weighted by Crippen LogP contribution is 2.36. The van der Waals surface area contributed by atoms with Crippen molar-refractivity contribution in [3.05, 3.63) is 47.5 Å². The number of phenolic OH excluding ortho intramolecular Hbond substituents is 1. The van der Waals surface area contributed by atoms with E-state index >= 15 is 0 Å². The number of carbonyl (C=O) groups excluding carboxylic acids is 1. The molecule has 0 saturated heterocycles. The molecule has 0 aliphatic carbocycles. The molecule has 3 aromatic rings. The number of nitrogens with zero attached hydrogens (tertiary/aromatic N) is 3. The van der Waals surface area contributed by atoms with Crippen LogP contribution in [0.15, 0.2) is 36.4 Å². The number of fused-ring (bicyclic) bond motifs is 1. The van der Waals surface area contributed by atoms with Gasteiger partial charge in [0.1, 0.15) is 22.5 Å². The van der Waals surface area contributed by atoms with Gasteiger partial charge in [0.2, 0.25) is 0 Å². The SMILES string of the molecule is [2H]C([2H])([2H])C([2H])([2H])C([2H])([2H])C([2H])([2H])C([2H])([2H])C([2H])([2H])C([2H])([2H])C([2H])([2H])OC(=O)CCc1cc(-n2nc3ccccc3n2)c(O)c(C(C)(C)C)c1. The Morgan fingerprint density at radius 3 is 2.42 bits per heavy atom. The van der Waals surface area contributed by atoms with E-state index in [0.29, 0.717) is 22.2 Å². The Labute approximate surface area is 220 Å². The van der Waals surface area contributed by atoms with Crippen molar-refractivity contribution >= 4 is 17.0 Å². The van der Waals surface area contributed by atoms with Crippen LogP contribution in [-0.2, 0) is 21.4 Å². The number of hydrogen-bond acceptors (Lipinski definition) is 5. The van der Waals surface area contributed by atoms with E-state index in [4.69, 9.17) is 23.3 Å². The van der Waals surface area contributed by atoms with Crippen molar-refractivity contribution < 1.29 is 37.9 Å². The van der Waals surface area contributed by atoms with Crippen LogP contribution in [0.5, 0.6) is 5.75 Å². The summed E-state index contributed by atoms with van der Waals surface area (Å²) >= 11 is 0. The molecule has 0 amide bonds. The van der Waals surface area contributed by atoms with Crippen LogP contribution in [-0.4, -0.2) is 32.6 Å². The zero-order chi connectivity index (χ0) is 38.9. The first kappa shape index (κ1) is 10.6. The van der Waals surface area contributed by atoms with Crippen LogP contribution in [0.25, 0.3) is 16.7 Å². The number of phenols is 1. The van der Waals surface area contributed by atoms with Crippen LogP contribution >= 0.6 is 0 Å². The van der Waals surface area contributed by atoms with Gasteiger partial charge in [0.25, 0.3) is 0 Å². The van der Waals surface area contributed by atoms with Gasteiger partial charge < -0.3 is 9.84 Å². The van der Waals surface area contributed by atoms with E-state index in [2.05, 4.69) is 14.9 Å². The van der Waals surface area contributed by atoms with Crippen molar-refractivity contribution in [3.8, 4) is 11.4 Å². The van der Waals surface area contributed by atoms with Crippen LogP contribution in [0.2, 0.25) is 0 Å². The Morgan fingerprint density at radius 2 is 1.76 bits per heavy atom. The molecule has 0 radical (unpaired) electrons. The van der Waals surface area contributed by atoms with Gasteiger partial charge in [-0.2, -0.15) is 0 Å². The smallest absolute Gasteiger partial charge is 0.306 e. The molecule has 0 aliphatic heterocycles. The number of benzene rings is 2. The zero-order valence-corrected chi connectivity index (χ0v) is 18.5. The molecule has 3 rings (SSSR count). The number of esters is 1. The molecule has 1 heterocycles. The van der Waals surface area contributed by atoms with Crippen molar-refractivity contribution in [2.45, 2.75) is 84.1 Å². The monoisotopic (exact) mass is 468 g/mol. The quantitative estimate of drug-likeness (QED) is 0.336. The van der Waals surface area contributed by atoms with Gasteiger partial charge in [0.15, 0.2) is 0 Å². The highest BCUT2D eigenvalue weighted by atomic mass is 16.5. The summed E-state index contributed by atoms with van der Waals surface area (Å²) in [5, 5.41) is 19.9. The minimum absolute atomic E-state index is 0.149. The summed E-state index contributed by atoms with van der Waals surface area (Å²) in [5.74, 6) is -1.59. The van der Waals surface area contributed by atoms with Crippen LogP contribution in [0.4, 0.5) is 0 Å². The lowest BCUT2D eigenvalue weighted by Gasteiger charge is -2.23. The van der Waals surface area contributed by atoms with Gasteiger partial charge in [0.05, 0.1) is 9.30 Å². The van der Waals surface area contributed by atoms with E-state index in [1.54, 1.807) is 30.3 Å². The molecule has 2 aromatic carbocycles. The summed E-state index contributed by atoms with van der Waals surface area (Å²) in [7, 11) is 0. The molecule has 0 bridgehead atoms. The van der Waals surface area contributed by atoms with E-state index < -0.39 is 69.5 Å². The van der Waals surface area contributed by atoms with Crippen LogP contribution in [0.1, 0.15) is 107 Å². The Bertz CT molecular complexity index is 1710. The summed E-state index contributed by atoms with van der Waals surface area (Å²) in [5.41, 5.74) is 1.40. The molecule has 0 unspecified atom stereocenters. The molecule has 6 nitrogen and oxygen atoms in total. The number of aromatic nitrogens is 3. The number of hydrogen-bond donors (Lipinski definition) is 1. The summed E-state index contributed by atoms with van der Waals surface area (Å²) in [4.78, 5) is 14.1. The highest BCUT2D eigenvalue weighted by molar-refractivity contribution is 5.74. The van der Waals surface area contributed by atoms with Crippen molar-refractivity contribution in [1.82, 2.24) is 15.0 Å². The van der Waals surface area contributed by atoms with E-state index in [0.717, 1.165) is 0 Å². The minimum atomic E-state index is -4.48. The van der Waals surface area contributed by atoms with Crippen molar-refractivity contribution in [3.63, 3.8) is 0 Å². The minimum Gasteiger partial charge on any atom is -0.505 e. The van der Waals surface area contributed by atoms with Gasteiger partial charge in [-0.15, -0.1) is 15.0 Å². The maximum atomic E-state index is 12.9. The Morgan fingerprint density at radius 1 is 1.09 bits per heavy atom. The fraction of sp³-hybridized carbons (Fsp3) is 0.519. The molecule has 0 aliphatic rings. The molecular weight excluding hydrogens is 414 g/mol.